The number of H-pyrrole nitrogens is 2. The van der Waals surface area contributed by atoms with Crippen LogP contribution in [0, 0.1) is 5.82 Å². The summed E-state index contributed by atoms with van der Waals surface area (Å²) in [5, 5.41) is 10.8. The van der Waals surface area contributed by atoms with Gasteiger partial charge in [-0.25, -0.2) is 14.4 Å². The van der Waals surface area contributed by atoms with Crippen molar-refractivity contribution in [1.82, 2.24) is 35.1 Å². The number of carbonyl (C=O) groups excluding carboxylic acids is 1. The zero-order valence-electron chi connectivity index (χ0n) is 19.8. The Morgan fingerprint density at radius 1 is 1.00 bits per heavy atom. The lowest BCUT2D eigenvalue weighted by atomic mass is 10.0. The number of halogens is 1. The van der Waals surface area contributed by atoms with Crippen LogP contribution in [0.2, 0.25) is 0 Å². The van der Waals surface area contributed by atoms with Gasteiger partial charge in [0.1, 0.15) is 11.5 Å². The van der Waals surface area contributed by atoms with Crippen molar-refractivity contribution in [2.45, 2.75) is 19.8 Å². The minimum absolute atomic E-state index is 0.112. The van der Waals surface area contributed by atoms with Gasteiger partial charge in [-0.3, -0.25) is 19.9 Å². The Morgan fingerprint density at radius 2 is 1.86 bits per heavy atom. The van der Waals surface area contributed by atoms with E-state index in [0.717, 1.165) is 23.1 Å². The quantitative estimate of drug-likeness (QED) is 0.282. The van der Waals surface area contributed by atoms with Gasteiger partial charge in [0.2, 0.25) is 5.91 Å². The molecule has 1 aromatic carbocycles. The molecule has 0 unspecified atom stereocenters. The lowest BCUT2D eigenvalue weighted by Gasteiger charge is -2.08. The van der Waals surface area contributed by atoms with Crippen LogP contribution >= 0.6 is 0 Å². The second kappa shape index (κ2) is 9.23. The van der Waals surface area contributed by atoms with Crippen LogP contribution in [0.5, 0.6) is 0 Å². The number of benzene rings is 1. The van der Waals surface area contributed by atoms with Crippen LogP contribution in [-0.4, -0.2) is 41.0 Å². The Balaban J connectivity index is 1.43. The fraction of sp³-hybridized carbons (Fsp3) is 0.111. The molecule has 0 spiro atoms. The molecule has 0 fully saturated rings. The Hall–Kier alpha value is -4.99. The third-order valence-electron chi connectivity index (χ3n) is 6.07. The highest BCUT2D eigenvalue weighted by Gasteiger charge is 2.18. The number of fused-ring (bicyclic) bond motifs is 2. The van der Waals surface area contributed by atoms with E-state index >= 15 is 4.39 Å². The fourth-order valence-electron chi connectivity index (χ4n) is 4.34. The number of imidazole rings is 1. The number of nitrogens with zero attached hydrogens (tertiary/aromatic N) is 5. The lowest BCUT2D eigenvalue weighted by molar-refractivity contribution is -0.116. The number of hydrogen-bond donors (Lipinski definition) is 3. The van der Waals surface area contributed by atoms with Gasteiger partial charge in [0.15, 0.2) is 11.5 Å². The molecule has 5 aromatic heterocycles. The van der Waals surface area contributed by atoms with Crippen molar-refractivity contribution >= 4 is 33.7 Å². The van der Waals surface area contributed by atoms with Crippen molar-refractivity contribution in [3.63, 3.8) is 0 Å². The summed E-state index contributed by atoms with van der Waals surface area (Å²) in [7, 11) is 0. The van der Waals surface area contributed by atoms with Gasteiger partial charge in [-0.1, -0.05) is 6.92 Å². The first-order valence-corrected chi connectivity index (χ1v) is 11.8. The molecule has 0 aliphatic heterocycles. The van der Waals surface area contributed by atoms with Crippen LogP contribution in [-0.2, 0) is 4.79 Å². The van der Waals surface area contributed by atoms with Crippen molar-refractivity contribution in [1.29, 1.82) is 0 Å². The Bertz CT molecular complexity index is 1760. The third kappa shape index (κ3) is 4.18. The van der Waals surface area contributed by atoms with Gasteiger partial charge in [0, 0.05) is 59.4 Å². The molecular formula is C27H21FN8O. The van der Waals surface area contributed by atoms with Gasteiger partial charge in [-0.05, 0) is 42.3 Å². The molecular weight excluding hydrogens is 471 g/mol. The second-order valence-corrected chi connectivity index (χ2v) is 8.59. The summed E-state index contributed by atoms with van der Waals surface area (Å²) in [5.41, 5.74) is 5.67. The molecule has 3 N–H and O–H groups in total. The smallest absolute Gasteiger partial charge is 0.224 e. The summed E-state index contributed by atoms with van der Waals surface area (Å²) < 4.78 is 15.1. The second-order valence-electron chi connectivity index (χ2n) is 8.59. The first kappa shape index (κ1) is 22.5. The number of rotatable bonds is 6. The fourth-order valence-corrected chi connectivity index (χ4v) is 4.34. The molecule has 1 amide bonds. The first-order chi connectivity index (χ1) is 18.1. The van der Waals surface area contributed by atoms with E-state index in [0.29, 0.717) is 51.3 Å². The first-order valence-electron chi connectivity index (χ1n) is 11.8. The van der Waals surface area contributed by atoms with Crippen molar-refractivity contribution in [2.24, 2.45) is 0 Å². The summed E-state index contributed by atoms with van der Waals surface area (Å²) in [6, 6.07) is 10.6. The predicted octanol–water partition coefficient (Wildman–Crippen LogP) is 5.50. The van der Waals surface area contributed by atoms with E-state index in [-0.39, 0.29) is 5.91 Å². The van der Waals surface area contributed by atoms with Crippen molar-refractivity contribution in [2.75, 3.05) is 5.32 Å². The third-order valence-corrected chi connectivity index (χ3v) is 6.07. The van der Waals surface area contributed by atoms with Crippen LogP contribution < -0.4 is 5.32 Å². The molecule has 5 heterocycles. The molecule has 0 radical (unpaired) electrons. The molecule has 37 heavy (non-hydrogen) atoms. The van der Waals surface area contributed by atoms with Crippen LogP contribution in [0.4, 0.5) is 10.1 Å². The molecule has 0 aliphatic carbocycles. The summed E-state index contributed by atoms with van der Waals surface area (Å²) in [4.78, 5) is 32.7. The maximum absolute atomic E-state index is 15.1. The average Bonchev–Trinajstić information content (AvgIpc) is 3.52. The minimum Gasteiger partial charge on any atom is -0.335 e. The SMILES string of the molecule is CCCC(=O)Nc1cncc(-c2cc3c(-c4nc5nccc(-c6ccncc6)c5[nH]4)n[nH]c3cc2F)c1. The van der Waals surface area contributed by atoms with Crippen LogP contribution in [0.3, 0.4) is 0 Å². The summed E-state index contributed by atoms with van der Waals surface area (Å²) >= 11 is 0. The van der Waals surface area contributed by atoms with Gasteiger partial charge in [0.25, 0.3) is 0 Å². The predicted molar refractivity (Wildman–Crippen MR) is 139 cm³/mol. The molecule has 0 saturated heterocycles. The summed E-state index contributed by atoms with van der Waals surface area (Å²) in [6.07, 6.45) is 9.40. The summed E-state index contributed by atoms with van der Waals surface area (Å²) in [6.45, 7) is 1.93. The molecule has 10 heteroatoms. The Kier molecular flexibility index (Phi) is 5.61. The molecule has 0 saturated carbocycles. The highest BCUT2D eigenvalue weighted by atomic mass is 19.1. The van der Waals surface area contributed by atoms with Gasteiger partial charge in [0.05, 0.1) is 22.9 Å². The molecule has 6 rings (SSSR count). The minimum atomic E-state index is -0.437. The number of amides is 1. The molecule has 0 atom stereocenters. The van der Waals surface area contributed by atoms with E-state index in [1.54, 1.807) is 43.1 Å². The van der Waals surface area contributed by atoms with Crippen LogP contribution in [0.25, 0.3) is 55.8 Å². The van der Waals surface area contributed by atoms with Crippen LogP contribution in [0.15, 0.2) is 67.4 Å². The number of carbonyl (C=O) groups is 1. The largest absolute Gasteiger partial charge is 0.335 e. The average molecular weight is 493 g/mol. The van der Waals surface area contributed by atoms with E-state index in [2.05, 4.69) is 40.4 Å². The van der Waals surface area contributed by atoms with Gasteiger partial charge < -0.3 is 10.3 Å². The van der Waals surface area contributed by atoms with E-state index in [9.17, 15) is 4.79 Å². The van der Waals surface area contributed by atoms with Gasteiger partial charge in [-0.15, -0.1) is 0 Å². The Morgan fingerprint density at radius 3 is 2.70 bits per heavy atom. The van der Waals surface area contributed by atoms with E-state index in [1.807, 2.05) is 25.1 Å². The van der Waals surface area contributed by atoms with Gasteiger partial charge in [-0.2, -0.15) is 5.10 Å². The number of nitrogens with one attached hydrogen (secondary N) is 3. The topological polar surface area (TPSA) is 125 Å². The maximum atomic E-state index is 15.1. The maximum Gasteiger partial charge on any atom is 0.224 e. The van der Waals surface area contributed by atoms with E-state index in [4.69, 9.17) is 0 Å². The normalized spacial score (nSPS) is 11.3. The van der Waals surface area contributed by atoms with E-state index in [1.165, 1.54) is 6.07 Å². The van der Waals surface area contributed by atoms with E-state index < -0.39 is 5.82 Å². The molecule has 182 valence electrons. The number of hydrogen-bond acceptors (Lipinski definition) is 6. The lowest BCUT2D eigenvalue weighted by Crippen LogP contribution is -2.10. The standard InChI is InChI=1S/C27H21FN8O/c1-2-3-23(37)32-17-10-16(13-30-14-17)19-11-20-22(12-21(19)28)35-36-25(20)27-33-24-18(6-9-31-26(24)34-27)15-4-7-29-8-5-15/h4-14H,2-3H2,1H3,(H,32,37)(H,35,36)(H,31,33,34). The van der Waals surface area contributed by atoms with Crippen LogP contribution in [0.1, 0.15) is 19.8 Å². The number of aromatic amines is 2. The van der Waals surface area contributed by atoms with Crippen molar-refractivity contribution < 1.29 is 9.18 Å². The zero-order chi connectivity index (χ0) is 25.4. The molecule has 6 aromatic rings. The zero-order valence-corrected chi connectivity index (χ0v) is 19.8. The number of anilines is 1. The molecule has 9 nitrogen and oxygen atoms in total. The number of pyridine rings is 3. The number of aromatic nitrogens is 7. The van der Waals surface area contributed by atoms with Crippen molar-refractivity contribution in [3.8, 4) is 33.8 Å². The Labute approximate surface area is 210 Å². The monoisotopic (exact) mass is 492 g/mol. The van der Waals surface area contributed by atoms with Crippen molar-refractivity contribution in [3.05, 3.63) is 73.2 Å². The molecule has 0 bridgehead atoms. The van der Waals surface area contributed by atoms with Gasteiger partial charge >= 0.3 is 0 Å². The highest BCUT2D eigenvalue weighted by Crippen LogP contribution is 2.34. The molecule has 0 aliphatic rings. The summed E-state index contributed by atoms with van der Waals surface area (Å²) in [5.74, 6) is -0.0431. The highest BCUT2D eigenvalue weighted by molar-refractivity contribution is 5.98.